The molecule has 1 fully saturated rings. The number of hydrogen-bond acceptors (Lipinski definition) is 6. The molecule has 1 aromatic heterocycles. The molecule has 0 radical (unpaired) electrons. The third-order valence-corrected chi connectivity index (χ3v) is 5.17. The Morgan fingerprint density at radius 1 is 1.18 bits per heavy atom. The Kier molecular flexibility index (Phi) is 6.70. The molecule has 0 atom stereocenters. The summed E-state index contributed by atoms with van der Waals surface area (Å²) in [4.78, 5) is 23.4. The van der Waals surface area contributed by atoms with Gasteiger partial charge in [0.05, 0.1) is 13.7 Å². The van der Waals surface area contributed by atoms with Gasteiger partial charge in [0, 0.05) is 38.8 Å². The topological polar surface area (TPSA) is 62.1 Å². The smallest absolute Gasteiger partial charge is 0.275 e. The standard InChI is InChI=1S/C21H30N4O3/c1-16(2)25(13-17-5-7-18(27-4)8-6-17)14-20-22-19(15-28-20)21(26)24-11-9-23(3)10-12-24/h5-8,15-16H,9-14H2,1-4H3. The molecule has 1 amide bonds. The summed E-state index contributed by atoms with van der Waals surface area (Å²) in [6, 6.07) is 8.36. The molecule has 28 heavy (non-hydrogen) atoms. The molecule has 0 N–H and O–H groups in total. The van der Waals surface area contributed by atoms with Crippen LogP contribution in [0.2, 0.25) is 0 Å². The van der Waals surface area contributed by atoms with Gasteiger partial charge in [-0.2, -0.15) is 0 Å². The highest BCUT2D eigenvalue weighted by atomic mass is 16.5. The van der Waals surface area contributed by atoms with Gasteiger partial charge in [0.25, 0.3) is 5.91 Å². The lowest BCUT2D eigenvalue weighted by atomic mass is 10.2. The minimum Gasteiger partial charge on any atom is -0.497 e. The molecular weight excluding hydrogens is 356 g/mol. The van der Waals surface area contributed by atoms with E-state index in [2.05, 4.69) is 47.8 Å². The van der Waals surface area contributed by atoms with Crippen LogP contribution in [-0.4, -0.2) is 72.0 Å². The van der Waals surface area contributed by atoms with Crippen LogP contribution >= 0.6 is 0 Å². The van der Waals surface area contributed by atoms with E-state index in [0.29, 0.717) is 24.2 Å². The molecule has 7 nitrogen and oxygen atoms in total. The van der Waals surface area contributed by atoms with Crippen LogP contribution in [0.1, 0.15) is 35.8 Å². The highest BCUT2D eigenvalue weighted by Gasteiger charge is 2.23. The van der Waals surface area contributed by atoms with Crippen molar-refractivity contribution < 1.29 is 13.9 Å². The second-order valence-corrected chi connectivity index (χ2v) is 7.57. The quantitative estimate of drug-likeness (QED) is 0.729. The Morgan fingerprint density at radius 2 is 1.86 bits per heavy atom. The number of amides is 1. The molecule has 0 unspecified atom stereocenters. The predicted octanol–water partition coefficient (Wildman–Crippen LogP) is 2.48. The molecule has 0 spiro atoms. The summed E-state index contributed by atoms with van der Waals surface area (Å²) in [6.45, 7) is 8.84. The highest BCUT2D eigenvalue weighted by Crippen LogP contribution is 2.17. The molecule has 2 heterocycles. The number of likely N-dealkylation sites (N-methyl/N-ethyl adjacent to an activating group) is 1. The van der Waals surface area contributed by atoms with E-state index in [4.69, 9.17) is 9.15 Å². The minimum absolute atomic E-state index is 0.0469. The number of methoxy groups -OCH3 is 1. The zero-order chi connectivity index (χ0) is 20.1. The number of rotatable bonds is 7. The number of carbonyl (C=O) groups is 1. The predicted molar refractivity (Wildman–Crippen MR) is 107 cm³/mol. The molecule has 1 saturated heterocycles. The first-order chi connectivity index (χ1) is 13.5. The van der Waals surface area contributed by atoms with Crippen LogP contribution in [0.5, 0.6) is 5.75 Å². The van der Waals surface area contributed by atoms with Gasteiger partial charge in [0.1, 0.15) is 12.0 Å². The lowest BCUT2D eigenvalue weighted by molar-refractivity contribution is 0.0658. The van der Waals surface area contributed by atoms with Crippen LogP contribution in [-0.2, 0) is 13.1 Å². The maximum atomic E-state index is 12.7. The first kappa shape index (κ1) is 20.4. The number of piperazine rings is 1. The van der Waals surface area contributed by atoms with E-state index in [1.807, 2.05) is 17.0 Å². The van der Waals surface area contributed by atoms with E-state index in [0.717, 1.165) is 38.5 Å². The average molecular weight is 386 g/mol. The molecule has 1 aliphatic rings. The molecule has 1 aromatic carbocycles. The Bertz CT molecular complexity index is 764. The van der Waals surface area contributed by atoms with Gasteiger partial charge in [-0.1, -0.05) is 12.1 Å². The fourth-order valence-corrected chi connectivity index (χ4v) is 3.21. The van der Waals surface area contributed by atoms with Gasteiger partial charge in [0.2, 0.25) is 5.89 Å². The SMILES string of the molecule is COc1ccc(CN(Cc2nc(C(=O)N3CCN(C)CC3)co2)C(C)C)cc1. The van der Waals surface area contributed by atoms with Crippen molar-refractivity contribution in [2.75, 3.05) is 40.3 Å². The Labute approximate surface area is 166 Å². The monoisotopic (exact) mass is 386 g/mol. The van der Waals surface area contributed by atoms with Crippen molar-refractivity contribution in [3.05, 3.63) is 47.7 Å². The van der Waals surface area contributed by atoms with Gasteiger partial charge >= 0.3 is 0 Å². The number of hydrogen-bond donors (Lipinski definition) is 0. The first-order valence-electron chi connectivity index (χ1n) is 9.75. The number of aromatic nitrogens is 1. The van der Waals surface area contributed by atoms with Gasteiger partial charge in [0.15, 0.2) is 5.69 Å². The van der Waals surface area contributed by atoms with Crippen molar-refractivity contribution in [1.82, 2.24) is 19.7 Å². The van der Waals surface area contributed by atoms with Crippen LogP contribution in [0.3, 0.4) is 0 Å². The van der Waals surface area contributed by atoms with Gasteiger partial charge in [-0.3, -0.25) is 9.69 Å². The van der Waals surface area contributed by atoms with E-state index in [9.17, 15) is 4.79 Å². The summed E-state index contributed by atoms with van der Waals surface area (Å²) in [7, 11) is 3.73. The van der Waals surface area contributed by atoms with Crippen LogP contribution in [0.25, 0.3) is 0 Å². The van der Waals surface area contributed by atoms with Gasteiger partial charge < -0.3 is 19.0 Å². The first-order valence-corrected chi connectivity index (χ1v) is 9.75. The molecule has 152 valence electrons. The van der Waals surface area contributed by atoms with Crippen molar-refractivity contribution >= 4 is 5.91 Å². The van der Waals surface area contributed by atoms with E-state index in [1.54, 1.807) is 7.11 Å². The van der Waals surface area contributed by atoms with E-state index in [-0.39, 0.29) is 5.91 Å². The Morgan fingerprint density at radius 3 is 2.46 bits per heavy atom. The zero-order valence-corrected chi connectivity index (χ0v) is 17.2. The second-order valence-electron chi connectivity index (χ2n) is 7.57. The average Bonchev–Trinajstić information content (AvgIpc) is 3.16. The molecule has 7 heteroatoms. The van der Waals surface area contributed by atoms with Gasteiger partial charge in [-0.05, 0) is 38.6 Å². The lowest BCUT2D eigenvalue weighted by Gasteiger charge is -2.31. The lowest BCUT2D eigenvalue weighted by Crippen LogP contribution is -2.47. The van der Waals surface area contributed by atoms with Crippen LogP contribution in [0.15, 0.2) is 34.9 Å². The third kappa shape index (κ3) is 5.11. The summed E-state index contributed by atoms with van der Waals surface area (Å²) in [5.41, 5.74) is 1.59. The Hall–Kier alpha value is -2.38. The summed E-state index contributed by atoms with van der Waals surface area (Å²) < 4.78 is 10.8. The fourth-order valence-electron chi connectivity index (χ4n) is 3.21. The summed E-state index contributed by atoms with van der Waals surface area (Å²) >= 11 is 0. The Balaban J connectivity index is 1.63. The number of benzene rings is 1. The van der Waals surface area contributed by atoms with Crippen molar-refractivity contribution in [3.63, 3.8) is 0 Å². The maximum absolute atomic E-state index is 12.7. The largest absolute Gasteiger partial charge is 0.497 e. The maximum Gasteiger partial charge on any atom is 0.275 e. The molecule has 3 rings (SSSR count). The number of oxazole rings is 1. The van der Waals surface area contributed by atoms with Crippen molar-refractivity contribution in [3.8, 4) is 5.75 Å². The van der Waals surface area contributed by atoms with Crippen LogP contribution in [0.4, 0.5) is 0 Å². The number of ether oxygens (including phenoxy) is 1. The van der Waals surface area contributed by atoms with E-state index >= 15 is 0 Å². The molecule has 1 aliphatic heterocycles. The van der Waals surface area contributed by atoms with Crippen molar-refractivity contribution in [2.24, 2.45) is 0 Å². The van der Waals surface area contributed by atoms with Gasteiger partial charge in [-0.15, -0.1) is 0 Å². The van der Waals surface area contributed by atoms with Gasteiger partial charge in [-0.25, -0.2) is 4.98 Å². The summed E-state index contributed by atoms with van der Waals surface area (Å²) in [5, 5.41) is 0. The molecule has 0 bridgehead atoms. The molecule has 2 aromatic rings. The van der Waals surface area contributed by atoms with Crippen molar-refractivity contribution in [1.29, 1.82) is 0 Å². The molecule has 0 saturated carbocycles. The summed E-state index contributed by atoms with van der Waals surface area (Å²) in [6.07, 6.45) is 1.49. The fraction of sp³-hybridized carbons (Fsp3) is 0.524. The highest BCUT2D eigenvalue weighted by molar-refractivity contribution is 5.92. The van der Waals surface area contributed by atoms with E-state index in [1.165, 1.54) is 11.8 Å². The molecule has 0 aliphatic carbocycles. The molecular formula is C21H30N4O3. The van der Waals surface area contributed by atoms with E-state index < -0.39 is 0 Å². The number of carbonyl (C=O) groups excluding carboxylic acids is 1. The van der Waals surface area contributed by atoms with Crippen LogP contribution < -0.4 is 4.74 Å². The third-order valence-electron chi connectivity index (χ3n) is 5.17. The number of nitrogens with zero attached hydrogens (tertiary/aromatic N) is 4. The normalized spacial score (nSPS) is 15.4. The summed E-state index contributed by atoms with van der Waals surface area (Å²) in [5.74, 6) is 1.37. The van der Waals surface area contributed by atoms with Crippen molar-refractivity contribution in [2.45, 2.75) is 33.0 Å². The minimum atomic E-state index is -0.0469. The second kappa shape index (κ2) is 9.21. The zero-order valence-electron chi connectivity index (χ0n) is 17.2. The van der Waals surface area contributed by atoms with Crippen LogP contribution in [0, 0.1) is 0 Å².